The molecule has 0 aliphatic carbocycles. The van der Waals surface area contributed by atoms with Crippen molar-refractivity contribution in [2.45, 2.75) is 12.2 Å². The zero-order valence-corrected chi connectivity index (χ0v) is 14.2. The van der Waals surface area contributed by atoms with Crippen molar-refractivity contribution < 1.29 is 22.7 Å². The third-order valence-corrected chi connectivity index (χ3v) is 3.81. The number of aromatic nitrogens is 3. The number of methoxy groups -OCH3 is 1. The standard InChI is InChI=1S/C17H16F3N5O2/c1-27-9-13(10-5-3-2-4-6-10)22-16(26)23-14-7-12-11(8-21-14)15(25-24-12)17(18,19)20/h2-8,13H,9H2,1H3,(H,24,25)(H2,21,22,23,26)/t13-/m1/s1. The number of fused-ring (bicyclic) bond motifs is 1. The van der Waals surface area contributed by atoms with E-state index in [4.69, 9.17) is 4.74 Å². The number of ether oxygens (including phenoxy) is 1. The second kappa shape index (κ2) is 7.62. The van der Waals surface area contributed by atoms with Gasteiger partial charge < -0.3 is 10.1 Å². The summed E-state index contributed by atoms with van der Waals surface area (Å²) in [6.45, 7) is 0.248. The highest BCUT2D eigenvalue weighted by molar-refractivity contribution is 5.91. The molecule has 10 heteroatoms. The van der Waals surface area contributed by atoms with Crippen molar-refractivity contribution in [1.82, 2.24) is 20.5 Å². The lowest BCUT2D eigenvalue weighted by molar-refractivity contribution is -0.139. The Morgan fingerprint density at radius 2 is 2.04 bits per heavy atom. The van der Waals surface area contributed by atoms with Gasteiger partial charge >= 0.3 is 12.2 Å². The molecule has 1 atom stereocenters. The van der Waals surface area contributed by atoms with E-state index in [0.29, 0.717) is 0 Å². The minimum Gasteiger partial charge on any atom is -0.382 e. The van der Waals surface area contributed by atoms with Gasteiger partial charge in [0, 0.05) is 19.4 Å². The fraction of sp³-hybridized carbons (Fsp3) is 0.235. The smallest absolute Gasteiger partial charge is 0.382 e. The molecule has 2 amide bonds. The van der Waals surface area contributed by atoms with Gasteiger partial charge in [0.25, 0.3) is 0 Å². The molecule has 7 nitrogen and oxygen atoms in total. The molecule has 2 aromatic heterocycles. The van der Waals surface area contributed by atoms with Crippen LogP contribution in [0.25, 0.3) is 10.9 Å². The van der Waals surface area contributed by atoms with Gasteiger partial charge in [0.1, 0.15) is 11.5 Å². The van der Waals surface area contributed by atoms with Crippen molar-refractivity contribution in [3.05, 3.63) is 53.9 Å². The number of H-pyrrole nitrogens is 1. The number of carbonyl (C=O) groups is 1. The van der Waals surface area contributed by atoms with Crippen LogP contribution in [0.4, 0.5) is 23.8 Å². The van der Waals surface area contributed by atoms with Crippen LogP contribution >= 0.6 is 0 Å². The molecule has 0 fully saturated rings. The van der Waals surface area contributed by atoms with Crippen LogP contribution in [-0.4, -0.2) is 34.9 Å². The zero-order chi connectivity index (χ0) is 19.4. The molecule has 0 bridgehead atoms. The van der Waals surface area contributed by atoms with E-state index in [0.717, 1.165) is 11.8 Å². The highest BCUT2D eigenvalue weighted by atomic mass is 19.4. The van der Waals surface area contributed by atoms with Crippen LogP contribution in [0.3, 0.4) is 0 Å². The first-order chi connectivity index (χ1) is 12.9. The Kier molecular flexibility index (Phi) is 5.26. The highest BCUT2D eigenvalue weighted by Gasteiger charge is 2.35. The molecule has 3 rings (SSSR count). The average Bonchev–Trinajstić information content (AvgIpc) is 3.05. The first-order valence-corrected chi connectivity index (χ1v) is 7.91. The van der Waals surface area contributed by atoms with Gasteiger partial charge in [-0.2, -0.15) is 18.3 Å². The van der Waals surface area contributed by atoms with Crippen LogP contribution in [0.5, 0.6) is 0 Å². The number of amides is 2. The molecule has 0 saturated carbocycles. The van der Waals surface area contributed by atoms with Crippen LogP contribution in [0.1, 0.15) is 17.3 Å². The number of nitrogens with one attached hydrogen (secondary N) is 3. The number of carbonyl (C=O) groups excluding carboxylic acids is 1. The Balaban J connectivity index is 1.73. The van der Waals surface area contributed by atoms with E-state index < -0.39 is 23.9 Å². The lowest BCUT2D eigenvalue weighted by Gasteiger charge is -2.18. The lowest BCUT2D eigenvalue weighted by Crippen LogP contribution is -2.35. The summed E-state index contributed by atoms with van der Waals surface area (Å²) in [6.07, 6.45) is -3.55. The topological polar surface area (TPSA) is 91.9 Å². The van der Waals surface area contributed by atoms with Gasteiger partial charge in [0.2, 0.25) is 0 Å². The first-order valence-electron chi connectivity index (χ1n) is 7.91. The van der Waals surface area contributed by atoms with Gasteiger partial charge in [-0.3, -0.25) is 10.4 Å². The summed E-state index contributed by atoms with van der Waals surface area (Å²) in [4.78, 5) is 16.1. The molecule has 1 aromatic carbocycles. The second-order valence-corrected chi connectivity index (χ2v) is 5.70. The number of urea groups is 1. The number of pyridine rings is 1. The van der Waals surface area contributed by atoms with E-state index in [1.54, 1.807) is 0 Å². The van der Waals surface area contributed by atoms with Gasteiger partial charge in [-0.1, -0.05) is 30.3 Å². The predicted octanol–water partition coefficient (Wildman–Crippen LogP) is 3.49. The molecule has 0 aliphatic heterocycles. The summed E-state index contributed by atoms with van der Waals surface area (Å²) in [7, 11) is 1.51. The summed E-state index contributed by atoms with van der Waals surface area (Å²) < 4.78 is 43.7. The Labute approximate surface area is 151 Å². The molecule has 0 spiro atoms. The summed E-state index contributed by atoms with van der Waals surface area (Å²) in [5.41, 5.74) is -0.0885. The minimum absolute atomic E-state index is 0.0455. The summed E-state index contributed by atoms with van der Waals surface area (Å²) in [6, 6.07) is 9.50. The highest BCUT2D eigenvalue weighted by Crippen LogP contribution is 2.33. The van der Waals surface area contributed by atoms with E-state index in [2.05, 4.69) is 20.7 Å². The number of rotatable bonds is 5. The lowest BCUT2D eigenvalue weighted by atomic mass is 10.1. The Morgan fingerprint density at radius 3 is 2.70 bits per heavy atom. The summed E-state index contributed by atoms with van der Waals surface area (Å²) in [5, 5.41) is 10.6. The SMILES string of the molecule is COC[C@@H](NC(=O)Nc1cc2n[nH]c(C(F)(F)F)c2cn1)c1ccccc1. The minimum atomic E-state index is -4.56. The summed E-state index contributed by atoms with van der Waals surface area (Å²) in [5.74, 6) is 0.0736. The average molecular weight is 379 g/mol. The van der Waals surface area contributed by atoms with Crippen LogP contribution in [0.15, 0.2) is 42.6 Å². The van der Waals surface area contributed by atoms with Crippen molar-refractivity contribution in [2.75, 3.05) is 19.0 Å². The van der Waals surface area contributed by atoms with E-state index in [1.807, 2.05) is 35.4 Å². The fourth-order valence-electron chi connectivity index (χ4n) is 2.57. The van der Waals surface area contributed by atoms with Gasteiger partial charge in [-0.25, -0.2) is 9.78 Å². The number of hydrogen-bond donors (Lipinski definition) is 3. The van der Waals surface area contributed by atoms with Gasteiger partial charge in [0.05, 0.1) is 23.6 Å². The molecule has 0 saturated heterocycles. The van der Waals surface area contributed by atoms with Gasteiger partial charge in [0.15, 0.2) is 0 Å². The molecule has 142 valence electrons. The van der Waals surface area contributed by atoms with E-state index in [-0.39, 0.29) is 23.3 Å². The molecular formula is C17H16F3N5O2. The third-order valence-electron chi connectivity index (χ3n) is 3.81. The molecule has 0 aliphatic rings. The molecule has 0 unspecified atom stereocenters. The Bertz CT molecular complexity index is 927. The van der Waals surface area contributed by atoms with E-state index >= 15 is 0 Å². The molecule has 3 aromatic rings. The number of hydrogen-bond acceptors (Lipinski definition) is 4. The first kappa shape index (κ1) is 18.6. The quantitative estimate of drug-likeness (QED) is 0.633. The van der Waals surface area contributed by atoms with Crippen LogP contribution in [-0.2, 0) is 10.9 Å². The summed E-state index contributed by atoms with van der Waals surface area (Å²) >= 11 is 0. The molecular weight excluding hydrogens is 363 g/mol. The molecule has 3 N–H and O–H groups in total. The van der Waals surface area contributed by atoms with Crippen molar-refractivity contribution in [2.24, 2.45) is 0 Å². The van der Waals surface area contributed by atoms with Gasteiger partial charge in [-0.15, -0.1) is 0 Å². The second-order valence-electron chi connectivity index (χ2n) is 5.70. The fourth-order valence-corrected chi connectivity index (χ4v) is 2.57. The molecule has 0 radical (unpaired) electrons. The van der Waals surface area contributed by atoms with Crippen molar-refractivity contribution in [1.29, 1.82) is 0 Å². The maximum Gasteiger partial charge on any atom is 0.433 e. The zero-order valence-electron chi connectivity index (χ0n) is 14.2. The predicted molar refractivity (Wildman–Crippen MR) is 92.1 cm³/mol. The normalized spacial score (nSPS) is 12.7. The number of alkyl halides is 3. The van der Waals surface area contributed by atoms with Crippen LogP contribution in [0.2, 0.25) is 0 Å². The monoisotopic (exact) mass is 379 g/mol. The Hall–Kier alpha value is -3.14. The largest absolute Gasteiger partial charge is 0.433 e. The van der Waals surface area contributed by atoms with Gasteiger partial charge in [-0.05, 0) is 5.56 Å². The van der Waals surface area contributed by atoms with Crippen molar-refractivity contribution in [3.8, 4) is 0 Å². The van der Waals surface area contributed by atoms with E-state index in [1.165, 1.54) is 13.2 Å². The van der Waals surface area contributed by atoms with Crippen LogP contribution < -0.4 is 10.6 Å². The number of halogens is 3. The molecule has 27 heavy (non-hydrogen) atoms. The number of aromatic amines is 1. The number of benzene rings is 1. The van der Waals surface area contributed by atoms with E-state index in [9.17, 15) is 18.0 Å². The maximum atomic E-state index is 12.8. The molecule has 2 heterocycles. The maximum absolute atomic E-state index is 12.8. The number of anilines is 1. The van der Waals surface area contributed by atoms with Crippen molar-refractivity contribution >= 4 is 22.8 Å². The third kappa shape index (κ3) is 4.34. The Morgan fingerprint density at radius 1 is 1.30 bits per heavy atom. The van der Waals surface area contributed by atoms with Crippen molar-refractivity contribution in [3.63, 3.8) is 0 Å². The van der Waals surface area contributed by atoms with Crippen LogP contribution in [0, 0.1) is 0 Å². The number of nitrogens with zero attached hydrogens (tertiary/aromatic N) is 2.